The first-order chi connectivity index (χ1) is 13.9. The zero-order chi connectivity index (χ0) is 22.2. The van der Waals surface area contributed by atoms with Crippen molar-refractivity contribution in [3.05, 3.63) is 0 Å². The van der Waals surface area contributed by atoms with E-state index in [-0.39, 0.29) is 24.3 Å². The number of hydrogen-bond acceptors (Lipinski definition) is 4. The van der Waals surface area contributed by atoms with Crippen LogP contribution in [-0.2, 0) is 14.3 Å². The number of likely N-dealkylation sites (tertiary alicyclic amines) is 2. The molecule has 1 spiro atoms. The third-order valence-corrected chi connectivity index (χ3v) is 6.43. The molecule has 0 bridgehead atoms. The lowest BCUT2D eigenvalue weighted by Crippen LogP contribution is -2.51. The van der Waals surface area contributed by atoms with Crippen molar-refractivity contribution >= 4 is 11.9 Å². The van der Waals surface area contributed by atoms with Gasteiger partial charge < -0.3 is 19.6 Å². The molecule has 2 atom stereocenters. The van der Waals surface area contributed by atoms with Crippen LogP contribution in [0.2, 0.25) is 0 Å². The molecular formula is C19H27F5N2O4. The SMILES string of the molecule is O=C(C1CC(F)(F)C1)N1CC[C@@]2(C[C@H](N3CCCC3)CCO2)C1.O=C(O)C(F)(F)F. The Hall–Kier alpha value is -1.49. The average molecular weight is 442 g/mol. The van der Waals surface area contributed by atoms with Gasteiger partial charge in [0.25, 0.3) is 0 Å². The molecule has 0 aromatic heterocycles. The summed E-state index contributed by atoms with van der Waals surface area (Å²) in [6, 6.07) is 0.564. The van der Waals surface area contributed by atoms with Crippen LogP contribution in [0.1, 0.15) is 44.9 Å². The predicted molar refractivity (Wildman–Crippen MR) is 95.1 cm³/mol. The molecule has 11 heteroatoms. The van der Waals surface area contributed by atoms with Crippen LogP contribution in [0.3, 0.4) is 0 Å². The van der Waals surface area contributed by atoms with Crippen molar-refractivity contribution < 1.29 is 41.4 Å². The van der Waals surface area contributed by atoms with E-state index in [4.69, 9.17) is 14.6 Å². The van der Waals surface area contributed by atoms with Gasteiger partial charge in [0.05, 0.1) is 5.60 Å². The van der Waals surface area contributed by atoms with Crippen LogP contribution < -0.4 is 0 Å². The minimum atomic E-state index is -5.08. The highest BCUT2D eigenvalue weighted by atomic mass is 19.4. The van der Waals surface area contributed by atoms with Crippen LogP contribution >= 0.6 is 0 Å². The van der Waals surface area contributed by atoms with Crippen molar-refractivity contribution in [3.63, 3.8) is 0 Å². The van der Waals surface area contributed by atoms with Crippen molar-refractivity contribution in [1.82, 2.24) is 9.80 Å². The average Bonchev–Trinajstić information content (AvgIpc) is 3.29. The Morgan fingerprint density at radius 1 is 1.03 bits per heavy atom. The fourth-order valence-electron chi connectivity index (χ4n) is 4.83. The minimum absolute atomic E-state index is 0.0836. The summed E-state index contributed by atoms with van der Waals surface area (Å²) in [6.45, 7) is 4.37. The van der Waals surface area contributed by atoms with Gasteiger partial charge >= 0.3 is 12.1 Å². The first-order valence-electron chi connectivity index (χ1n) is 10.3. The summed E-state index contributed by atoms with van der Waals surface area (Å²) < 4.78 is 63.8. The number of hydrogen-bond donors (Lipinski definition) is 1. The standard InChI is InChI=1S/C17H26F2N2O2.C2HF3O2/c18-17(19)9-13(10-17)15(22)21-7-4-16(12-21)11-14(3-8-23-16)20-5-1-2-6-20;3-2(4,5)1(6)7/h13-14H,1-12H2;(H,6,7)/t14-,16-;/m1./s1. The van der Waals surface area contributed by atoms with Crippen LogP contribution in [0.5, 0.6) is 0 Å². The van der Waals surface area contributed by atoms with Gasteiger partial charge in [-0.3, -0.25) is 4.79 Å². The van der Waals surface area contributed by atoms with Gasteiger partial charge in [0.15, 0.2) is 0 Å². The third kappa shape index (κ3) is 5.40. The first kappa shape index (κ1) is 23.2. The lowest BCUT2D eigenvalue weighted by Gasteiger charge is -2.42. The second-order valence-corrected chi connectivity index (χ2v) is 8.70. The van der Waals surface area contributed by atoms with E-state index >= 15 is 0 Å². The molecule has 1 saturated carbocycles. The predicted octanol–water partition coefficient (Wildman–Crippen LogP) is 2.91. The summed E-state index contributed by atoms with van der Waals surface area (Å²) in [7, 11) is 0. The number of aliphatic carboxylic acids is 1. The van der Waals surface area contributed by atoms with Crippen LogP contribution in [0, 0.1) is 5.92 Å². The molecule has 1 N–H and O–H groups in total. The molecule has 172 valence electrons. The Morgan fingerprint density at radius 2 is 1.63 bits per heavy atom. The summed E-state index contributed by atoms with van der Waals surface area (Å²) in [6.07, 6.45) is -0.150. The van der Waals surface area contributed by atoms with Crippen LogP contribution in [-0.4, -0.2) is 83.3 Å². The third-order valence-electron chi connectivity index (χ3n) is 6.43. The Kier molecular flexibility index (Phi) is 6.62. The molecule has 4 rings (SSSR count). The number of carbonyl (C=O) groups excluding carboxylic acids is 1. The minimum Gasteiger partial charge on any atom is -0.475 e. The molecule has 3 saturated heterocycles. The number of halogens is 5. The van der Waals surface area contributed by atoms with E-state index in [0.717, 1.165) is 25.9 Å². The number of nitrogens with zero attached hydrogens (tertiary/aromatic N) is 2. The smallest absolute Gasteiger partial charge is 0.475 e. The van der Waals surface area contributed by atoms with Gasteiger partial charge in [0.2, 0.25) is 11.8 Å². The van der Waals surface area contributed by atoms with Crippen molar-refractivity contribution in [2.24, 2.45) is 5.92 Å². The maximum Gasteiger partial charge on any atom is 0.490 e. The van der Waals surface area contributed by atoms with Gasteiger partial charge in [-0.05, 0) is 45.2 Å². The largest absolute Gasteiger partial charge is 0.490 e. The molecule has 3 aliphatic heterocycles. The fraction of sp³-hybridized carbons (Fsp3) is 0.895. The lowest BCUT2D eigenvalue weighted by atomic mass is 9.80. The number of rotatable bonds is 2. The van der Waals surface area contributed by atoms with E-state index in [2.05, 4.69) is 4.90 Å². The second kappa shape index (κ2) is 8.57. The number of carboxylic acids is 1. The van der Waals surface area contributed by atoms with Crippen LogP contribution in [0.4, 0.5) is 22.0 Å². The van der Waals surface area contributed by atoms with E-state index in [1.165, 1.54) is 25.9 Å². The maximum atomic E-state index is 13.0. The van der Waals surface area contributed by atoms with Gasteiger partial charge in [0.1, 0.15) is 0 Å². The Bertz CT molecular complexity index is 645. The highest BCUT2D eigenvalue weighted by Gasteiger charge is 2.52. The summed E-state index contributed by atoms with van der Waals surface area (Å²) in [5, 5.41) is 7.12. The molecule has 0 aromatic carbocycles. The van der Waals surface area contributed by atoms with E-state index in [1.807, 2.05) is 0 Å². The van der Waals surface area contributed by atoms with E-state index in [0.29, 0.717) is 19.1 Å². The molecule has 0 aromatic rings. The van der Waals surface area contributed by atoms with Crippen LogP contribution in [0.15, 0.2) is 0 Å². The fourth-order valence-corrected chi connectivity index (χ4v) is 4.83. The summed E-state index contributed by atoms with van der Waals surface area (Å²) in [5.41, 5.74) is -0.229. The van der Waals surface area contributed by atoms with Crippen molar-refractivity contribution in [3.8, 4) is 0 Å². The van der Waals surface area contributed by atoms with E-state index < -0.39 is 24.0 Å². The molecule has 4 aliphatic rings. The molecule has 4 fully saturated rings. The van der Waals surface area contributed by atoms with Gasteiger partial charge in [-0.15, -0.1) is 0 Å². The topological polar surface area (TPSA) is 70.1 Å². The van der Waals surface area contributed by atoms with Gasteiger partial charge in [-0.25, -0.2) is 13.6 Å². The molecule has 0 unspecified atom stereocenters. The molecule has 0 radical (unpaired) electrons. The van der Waals surface area contributed by atoms with Crippen molar-refractivity contribution in [2.75, 3.05) is 32.8 Å². The van der Waals surface area contributed by atoms with Gasteiger partial charge in [-0.2, -0.15) is 13.2 Å². The number of ether oxygens (including phenoxy) is 1. The van der Waals surface area contributed by atoms with Crippen molar-refractivity contribution in [1.29, 1.82) is 0 Å². The number of carbonyl (C=O) groups is 2. The molecule has 6 nitrogen and oxygen atoms in total. The molecule has 1 aliphatic carbocycles. The number of carboxylic acid groups (broad SMARTS) is 1. The quantitative estimate of drug-likeness (QED) is 0.666. The van der Waals surface area contributed by atoms with Gasteiger partial charge in [0, 0.05) is 44.5 Å². The Morgan fingerprint density at radius 3 is 2.17 bits per heavy atom. The highest BCUT2D eigenvalue weighted by molar-refractivity contribution is 5.80. The maximum absolute atomic E-state index is 13.0. The zero-order valence-corrected chi connectivity index (χ0v) is 16.6. The number of amides is 1. The molecule has 1 amide bonds. The normalized spacial score (nSPS) is 31.9. The van der Waals surface area contributed by atoms with Crippen LogP contribution in [0.25, 0.3) is 0 Å². The first-order valence-corrected chi connectivity index (χ1v) is 10.3. The monoisotopic (exact) mass is 442 g/mol. The van der Waals surface area contributed by atoms with E-state index in [9.17, 15) is 26.7 Å². The molecule has 3 heterocycles. The molecule has 30 heavy (non-hydrogen) atoms. The Labute approximate surface area is 171 Å². The zero-order valence-electron chi connectivity index (χ0n) is 16.6. The second-order valence-electron chi connectivity index (χ2n) is 8.70. The summed E-state index contributed by atoms with van der Waals surface area (Å²) in [4.78, 5) is 25.7. The van der Waals surface area contributed by atoms with E-state index in [1.54, 1.807) is 4.90 Å². The van der Waals surface area contributed by atoms with Crippen molar-refractivity contribution in [2.45, 2.75) is 68.7 Å². The summed E-state index contributed by atoms with van der Waals surface area (Å²) in [5.74, 6) is -5.94. The summed E-state index contributed by atoms with van der Waals surface area (Å²) >= 11 is 0. The van der Waals surface area contributed by atoms with Gasteiger partial charge in [-0.1, -0.05) is 0 Å². The molecular weight excluding hydrogens is 415 g/mol. The number of alkyl halides is 5. The lowest BCUT2D eigenvalue weighted by molar-refractivity contribution is -0.192. The Balaban J connectivity index is 0.000000318. The highest BCUT2D eigenvalue weighted by Crippen LogP contribution is 2.45.